The molecule has 3 unspecified atom stereocenters. The van der Waals surface area contributed by atoms with Crippen molar-refractivity contribution in [2.75, 3.05) is 0 Å². The van der Waals surface area contributed by atoms with E-state index in [1.54, 1.807) is 0 Å². The van der Waals surface area contributed by atoms with Gasteiger partial charge in [-0.05, 0) is 55.2 Å². The molecule has 0 heterocycles. The Bertz CT molecular complexity index is 466. The van der Waals surface area contributed by atoms with Crippen molar-refractivity contribution < 1.29 is 14.6 Å². The standard InChI is InChI=1S/C19H28O3/c1-4-5-6-16-9-11-17(12-10-16)19(20)22-21-18-13-14(2)7-8-15(18)3/h9-12,14-15,18H,4-8,13H2,1-3H3. The van der Waals surface area contributed by atoms with Crippen LogP contribution in [0.2, 0.25) is 0 Å². The molecule has 0 bridgehead atoms. The van der Waals surface area contributed by atoms with Crippen LogP contribution in [-0.4, -0.2) is 12.1 Å². The summed E-state index contributed by atoms with van der Waals surface area (Å²) in [6.45, 7) is 6.56. The lowest BCUT2D eigenvalue weighted by Crippen LogP contribution is -2.30. The van der Waals surface area contributed by atoms with Crippen LogP contribution in [0, 0.1) is 11.8 Å². The van der Waals surface area contributed by atoms with Crippen molar-refractivity contribution >= 4 is 5.97 Å². The van der Waals surface area contributed by atoms with Crippen LogP contribution in [0.15, 0.2) is 24.3 Å². The van der Waals surface area contributed by atoms with Gasteiger partial charge in [0.1, 0.15) is 6.10 Å². The Balaban J connectivity index is 1.83. The molecule has 22 heavy (non-hydrogen) atoms. The molecule has 0 aliphatic heterocycles. The van der Waals surface area contributed by atoms with E-state index in [0.29, 0.717) is 17.4 Å². The number of hydrogen-bond acceptors (Lipinski definition) is 3. The van der Waals surface area contributed by atoms with Crippen molar-refractivity contribution in [3.63, 3.8) is 0 Å². The van der Waals surface area contributed by atoms with E-state index in [1.807, 2.05) is 24.3 Å². The van der Waals surface area contributed by atoms with Gasteiger partial charge in [0, 0.05) is 0 Å². The van der Waals surface area contributed by atoms with E-state index < -0.39 is 5.97 Å². The molecular weight excluding hydrogens is 276 g/mol. The molecule has 0 radical (unpaired) electrons. The largest absolute Gasteiger partial charge is 0.373 e. The van der Waals surface area contributed by atoms with E-state index in [4.69, 9.17) is 9.78 Å². The Hall–Kier alpha value is -1.35. The number of unbranched alkanes of at least 4 members (excludes halogenated alkanes) is 1. The van der Waals surface area contributed by atoms with Gasteiger partial charge in [-0.15, -0.1) is 0 Å². The van der Waals surface area contributed by atoms with Crippen LogP contribution < -0.4 is 0 Å². The Morgan fingerprint density at radius 3 is 2.59 bits per heavy atom. The highest BCUT2D eigenvalue weighted by Gasteiger charge is 2.28. The van der Waals surface area contributed by atoms with Gasteiger partial charge < -0.3 is 0 Å². The second-order valence-electron chi connectivity index (χ2n) is 6.70. The summed E-state index contributed by atoms with van der Waals surface area (Å²) in [7, 11) is 0. The lowest BCUT2D eigenvalue weighted by molar-refractivity contribution is -0.291. The van der Waals surface area contributed by atoms with E-state index in [0.717, 1.165) is 19.3 Å². The summed E-state index contributed by atoms with van der Waals surface area (Å²) in [6, 6.07) is 7.64. The van der Waals surface area contributed by atoms with Gasteiger partial charge in [-0.2, -0.15) is 4.89 Å². The van der Waals surface area contributed by atoms with Gasteiger partial charge >= 0.3 is 5.97 Å². The smallest absolute Gasteiger partial charge is 0.293 e. The SMILES string of the molecule is CCCCc1ccc(C(=O)OOC2CC(C)CCC2C)cc1. The monoisotopic (exact) mass is 304 g/mol. The molecule has 3 heteroatoms. The van der Waals surface area contributed by atoms with Crippen LogP contribution in [-0.2, 0) is 16.2 Å². The maximum absolute atomic E-state index is 12.1. The third-order valence-electron chi connectivity index (χ3n) is 4.64. The van der Waals surface area contributed by atoms with Gasteiger partial charge in [0.15, 0.2) is 0 Å². The van der Waals surface area contributed by atoms with Crippen LogP contribution in [0.4, 0.5) is 0 Å². The molecule has 0 saturated heterocycles. The molecule has 1 aromatic rings. The average Bonchev–Trinajstić information content (AvgIpc) is 2.54. The maximum Gasteiger partial charge on any atom is 0.373 e. The lowest BCUT2D eigenvalue weighted by atomic mass is 9.82. The molecule has 0 spiro atoms. The molecular formula is C19H28O3. The Morgan fingerprint density at radius 2 is 1.91 bits per heavy atom. The number of rotatable bonds is 6. The van der Waals surface area contributed by atoms with Crippen LogP contribution >= 0.6 is 0 Å². The molecule has 0 N–H and O–H groups in total. The summed E-state index contributed by atoms with van der Waals surface area (Å²) in [4.78, 5) is 22.5. The van der Waals surface area contributed by atoms with Gasteiger partial charge in [-0.25, -0.2) is 4.79 Å². The van der Waals surface area contributed by atoms with Gasteiger partial charge in [-0.1, -0.05) is 45.7 Å². The zero-order valence-electron chi connectivity index (χ0n) is 14.0. The maximum atomic E-state index is 12.1. The van der Waals surface area contributed by atoms with Crippen LogP contribution in [0.1, 0.15) is 68.8 Å². The van der Waals surface area contributed by atoms with Crippen molar-refractivity contribution in [1.82, 2.24) is 0 Å². The van der Waals surface area contributed by atoms with Crippen molar-refractivity contribution in [3.8, 4) is 0 Å². The molecule has 3 nitrogen and oxygen atoms in total. The normalized spacial score (nSPS) is 25.0. The van der Waals surface area contributed by atoms with Gasteiger partial charge in [-0.3, -0.25) is 4.89 Å². The van der Waals surface area contributed by atoms with Crippen LogP contribution in [0.5, 0.6) is 0 Å². The number of benzene rings is 1. The highest BCUT2D eigenvalue weighted by molar-refractivity contribution is 5.88. The zero-order chi connectivity index (χ0) is 15.9. The Morgan fingerprint density at radius 1 is 1.18 bits per heavy atom. The van der Waals surface area contributed by atoms with Gasteiger partial charge in [0.05, 0.1) is 5.56 Å². The molecule has 0 aromatic heterocycles. The highest BCUT2D eigenvalue weighted by Crippen LogP contribution is 2.30. The first-order chi connectivity index (χ1) is 10.6. The fourth-order valence-corrected chi connectivity index (χ4v) is 2.96. The summed E-state index contributed by atoms with van der Waals surface area (Å²) in [5.74, 6) is 0.686. The Kier molecular flexibility index (Phi) is 6.44. The minimum absolute atomic E-state index is 0.0246. The van der Waals surface area contributed by atoms with Crippen molar-refractivity contribution in [3.05, 3.63) is 35.4 Å². The fourth-order valence-electron chi connectivity index (χ4n) is 2.96. The molecule has 3 atom stereocenters. The van der Waals surface area contributed by atoms with E-state index in [9.17, 15) is 4.79 Å². The van der Waals surface area contributed by atoms with E-state index in [2.05, 4.69) is 20.8 Å². The molecule has 1 aliphatic rings. The van der Waals surface area contributed by atoms with Crippen LogP contribution in [0.25, 0.3) is 0 Å². The average molecular weight is 304 g/mol. The minimum Gasteiger partial charge on any atom is -0.293 e. The summed E-state index contributed by atoms with van der Waals surface area (Å²) < 4.78 is 0. The molecule has 1 saturated carbocycles. The third-order valence-corrected chi connectivity index (χ3v) is 4.64. The van der Waals surface area contributed by atoms with Crippen molar-refractivity contribution in [2.24, 2.45) is 11.8 Å². The quantitative estimate of drug-likeness (QED) is 0.551. The molecule has 1 aliphatic carbocycles. The first-order valence-corrected chi connectivity index (χ1v) is 8.56. The highest BCUT2D eigenvalue weighted by atomic mass is 17.2. The van der Waals surface area contributed by atoms with Gasteiger partial charge in [0.25, 0.3) is 0 Å². The fraction of sp³-hybridized carbons (Fsp3) is 0.632. The topological polar surface area (TPSA) is 35.5 Å². The zero-order valence-corrected chi connectivity index (χ0v) is 14.0. The third kappa shape index (κ3) is 4.84. The molecule has 1 fully saturated rings. The van der Waals surface area contributed by atoms with E-state index in [-0.39, 0.29) is 6.10 Å². The first-order valence-electron chi connectivity index (χ1n) is 8.56. The summed E-state index contributed by atoms with van der Waals surface area (Å²) in [5, 5.41) is 0. The molecule has 122 valence electrons. The van der Waals surface area contributed by atoms with E-state index >= 15 is 0 Å². The summed E-state index contributed by atoms with van der Waals surface area (Å²) >= 11 is 0. The summed E-state index contributed by atoms with van der Waals surface area (Å²) in [6.07, 6.45) is 6.75. The molecule has 2 rings (SSSR count). The summed E-state index contributed by atoms with van der Waals surface area (Å²) in [5.41, 5.74) is 1.81. The number of carbonyl (C=O) groups is 1. The predicted octanol–water partition coefficient (Wildman–Crippen LogP) is 4.94. The second kappa shape index (κ2) is 8.33. The number of hydrogen-bond donors (Lipinski definition) is 0. The molecule has 1 aromatic carbocycles. The van der Waals surface area contributed by atoms with Crippen molar-refractivity contribution in [1.29, 1.82) is 0 Å². The van der Waals surface area contributed by atoms with Crippen molar-refractivity contribution in [2.45, 2.75) is 65.4 Å². The number of carbonyl (C=O) groups excluding carboxylic acids is 1. The minimum atomic E-state index is -0.396. The number of aryl methyl sites for hydroxylation is 1. The Labute approximate surface area is 133 Å². The first kappa shape index (κ1) is 17.0. The van der Waals surface area contributed by atoms with Gasteiger partial charge in [0.2, 0.25) is 0 Å². The molecule has 0 amide bonds. The lowest BCUT2D eigenvalue weighted by Gasteiger charge is -2.30. The van der Waals surface area contributed by atoms with E-state index in [1.165, 1.54) is 24.8 Å². The van der Waals surface area contributed by atoms with Crippen LogP contribution in [0.3, 0.4) is 0 Å². The second-order valence-corrected chi connectivity index (χ2v) is 6.70. The predicted molar refractivity (Wildman–Crippen MR) is 87.5 cm³/mol.